The van der Waals surface area contributed by atoms with Gasteiger partial charge in [-0.3, -0.25) is 0 Å². The van der Waals surface area contributed by atoms with Gasteiger partial charge in [0, 0.05) is 0 Å². The molecule has 0 radical (unpaired) electrons. The summed E-state index contributed by atoms with van der Waals surface area (Å²) in [5.41, 5.74) is 5.68. The SMILES string of the molecule is CCCCCc1ccc(-c2ccc(CCC3CC[C@H](CCC)C[C@H]3C)cc2)cc1. The molecule has 0 saturated heterocycles. The van der Waals surface area contributed by atoms with E-state index in [0.717, 1.165) is 17.8 Å². The first-order chi connectivity index (χ1) is 14.2. The molecule has 1 aliphatic rings. The Morgan fingerprint density at radius 3 is 1.86 bits per heavy atom. The lowest BCUT2D eigenvalue weighted by Gasteiger charge is -2.34. The number of hydrogen-bond donors (Lipinski definition) is 0. The molecular formula is C29H42. The second-order valence-electron chi connectivity index (χ2n) is 9.59. The van der Waals surface area contributed by atoms with E-state index in [2.05, 4.69) is 69.3 Å². The van der Waals surface area contributed by atoms with Crippen molar-refractivity contribution in [2.45, 2.75) is 91.4 Å². The summed E-state index contributed by atoms with van der Waals surface area (Å²) in [6.07, 6.45) is 14.9. The molecule has 0 nitrogen and oxygen atoms in total. The van der Waals surface area contributed by atoms with Gasteiger partial charge < -0.3 is 0 Å². The van der Waals surface area contributed by atoms with Crippen molar-refractivity contribution in [3.63, 3.8) is 0 Å². The number of rotatable bonds is 10. The summed E-state index contributed by atoms with van der Waals surface area (Å²) in [6.45, 7) is 7.11. The number of unbranched alkanes of at least 4 members (excludes halogenated alkanes) is 2. The van der Waals surface area contributed by atoms with Crippen molar-refractivity contribution in [1.82, 2.24) is 0 Å². The Morgan fingerprint density at radius 2 is 1.31 bits per heavy atom. The molecule has 0 bridgehead atoms. The van der Waals surface area contributed by atoms with Crippen LogP contribution in [0.25, 0.3) is 11.1 Å². The molecule has 0 aliphatic heterocycles. The van der Waals surface area contributed by atoms with Gasteiger partial charge in [-0.15, -0.1) is 0 Å². The topological polar surface area (TPSA) is 0 Å². The summed E-state index contributed by atoms with van der Waals surface area (Å²) in [5, 5.41) is 0. The molecule has 3 atom stereocenters. The molecule has 0 heterocycles. The van der Waals surface area contributed by atoms with E-state index in [1.165, 1.54) is 92.9 Å². The van der Waals surface area contributed by atoms with Gasteiger partial charge in [-0.1, -0.05) is 101 Å². The molecule has 1 unspecified atom stereocenters. The van der Waals surface area contributed by atoms with E-state index < -0.39 is 0 Å². The van der Waals surface area contributed by atoms with E-state index in [9.17, 15) is 0 Å². The second kappa shape index (κ2) is 11.6. The molecule has 158 valence electrons. The van der Waals surface area contributed by atoms with Crippen molar-refractivity contribution in [3.8, 4) is 11.1 Å². The number of benzene rings is 2. The van der Waals surface area contributed by atoms with Crippen molar-refractivity contribution >= 4 is 0 Å². The van der Waals surface area contributed by atoms with Gasteiger partial charge in [-0.25, -0.2) is 0 Å². The highest BCUT2D eigenvalue weighted by Crippen LogP contribution is 2.38. The van der Waals surface area contributed by atoms with Crippen LogP contribution in [-0.4, -0.2) is 0 Å². The summed E-state index contributed by atoms with van der Waals surface area (Å²) in [6, 6.07) is 18.6. The van der Waals surface area contributed by atoms with E-state index in [1.54, 1.807) is 0 Å². The molecule has 2 aromatic rings. The highest BCUT2D eigenvalue weighted by Gasteiger charge is 2.26. The van der Waals surface area contributed by atoms with Crippen LogP contribution in [0, 0.1) is 17.8 Å². The fourth-order valence-electron chi connectivity index (χ4n) is 5.33. The Kier molecular flexibility index (Phi) is 8.84. The number of hydrogen-bond acceptors (Lipinski definition) is 0. The predicted octanol–water partition coefficient (Wildman–Crippen LogP) is 8.87. The third-order valence-electron chi connectivity index (χ3n) is 7.27. The van der Waals surface area contributed by atoms with Gasteiger partial charge in [0.2, 0.25) is 0 Å². The van der Waals surface area contributed by atoms with Gasteiger partial charge in [0.05, 0.1) is 0 Å². The second-order valence-corrected chi connectivity index (χ2v) is 9.59. The van der Waals surface area contributed by atoms with Gasteiger partial charge in [-0.05, 0) is 78.5 Å². The third kappa shape index (κ3) is 6.73. The fraction of sp³-hybridized carbons (Fsp3) is 0.586. The summed E-state index contributed by atoms with van der Waals surface area (Å²) in [5.74, 6) is 2.85. The molecule has 0 spiro atoms. The lowest BCUT2D eigenvalue weighted by atomic mass is 9.72. The van der Waals surface area contributed by atoms with Crippen molar-refractivity contribution < 1.29 is 0 Å². The monoisotopic (exact) mass is 390 g/mol. The lowest BCUT2D eigenvalue weighted by molar-refractivity contribution is 0.177. The molecule has 1 fully saturated rings. The van der Waals surface area contributed by atoms with E-state index in [-0.39, 0.29) is 0 Å². The van der Waals surface area contributed by atoms with Crippen molar-refractivity contribution in [2.75, 3.05) is 0 Å². The fourth-order valence-corrected chi connectivity index (χ4v) is 5.33. The minimum atomic E-state index is 0.912. The Hall–Kier alpha value is -1.56. The van der Waals surface area contributed by atoms with Crippen LogP contribution in [0.5, 0.6) is 0 Å². The van der Waals surface area contributed by atoms with Crippen LogP contribution in [0.15, 0.2) is 48.5 Å². The molecule has 0 heteroatoms. The van der Waals surface area contributed by atoms with Gasteiger partial charge in [0.1, 0.15) is 0 Å². The Balaban J connectivity index is 1.49. The summed E-state index contributed by atoms with van der Waals surface area (Å²) < 4.78 is 0. The summed E-state index contributed by atoms with van der Waals surface area (Å²) in [4.78, 5) is 0. The van der Waals surface area contributed by atoms with Crippen LogP contribution in [0.3, 0.4) is 0 Å². The zero-order valence-electron chi connectivity index (χ0n) is 19.1. The molecule has 0 N–H and O–H groups in total. The van der Waals surface area contributed by atoms with E-state index in [4.69, 9.17) is 0 Å². The van der Waals surface area contributed by atoms with Crippen molar-refractivity contribution in [3.05, 3.63) is 59.7 Å². The van der Waals surface area contributed by atoms with Crippen LogP contribution >= 0.6 is 0 Å². The average molecular weight is 391 g/mol. The van der Waals surface area contributed by atoms with E-state index >= 15 is 0 Å². The van der Waals surface area contributed by atoms with Crippen molar-refractivity contribution in [1.29, 1.82) is 0 Å². The van der Waals surface area contributed by atoms with Crippen LogP contribution in [-0.2, 0) is 12.8 Å². The van der Waals surface area contributed by atoms with Gasteiger partial charge in [0.25, 0.3) is 0 Å². The molecule has 0 aromatic heterocycles. The first-order valence-electron chi connectivity index (χ1n) is 12.4. The third-order valence-corrected chi connectivity index (χ3v) is 7.27. The largest absolute Gasteiger partial charge is 0.0654 e. The Bertz CT molecular complexity index is 694. The Morgan fingerprint density at radius 1 is 0.690 bits per heavy atom. The normalized spacial score (nSPS) is 22.0. The predicted molar refractivity (Wildman–Crippen MR) is 128 cm³/mol. The van der Waals surface area contributed by atoms with Crippen LogP contribution in [0.1, 0.15) is 89.7 Å². The minimum absolute atomic E-state index is 0.912. The molecule has 1 saturated carbocycles. The molecule has 29 heavy (non-hydrogen) atoms. The summed E-state index contributed by atoms with van der Waals surface area (Å²) in [7, 11) is 0. The molecule has 0 amide bonds. The smallest absolute Gasteiger partial charge is 0.0184 e. The number of aryl methyl sites for hydroxylation is 2. The zero-order valence-corrected chi connectivity index (χ0v) is 19.1. The molecular weight excluding hydrogens is 348 g/mol. The Labute approximate surface area is 180 Å². The van der Waals surface area contributed by atoms with E-state index in [0.29, 0.717) is 0 Å². The van der Waals surface area contributed by atoms with Crippen LogP contribution in [0.2, 0.25) is 0 Å². The standard InChI is InChI=1S/C29H42/c1-4-6-7-9-24-11-18-28(19-12-24)29-20-13-25(14-21-29)10-16-27-17-15-26(8-5-2)22-23(27)3/h11-14,18-21,23,26-27H,4-10,15-17,22H2,1-3H3/t23-,26+,27?/m1/s1. The maximum Gasteiger partial charge on any atom is -0.0184 e. The molecule has 3 rings (SSSR count). The maximum absolute atomic E-state index is 2.50. The highest BCUT2D eigenvalue weighted by molar-refractivity contribution is 5.63. The lowest BCUT2D eigenvalue weighted by Crippen LogP contribution is -2.23. The van der Waals surface area contributed by atoms with Gasteiger partial charge in [-0.2, -0.15) is 0 Å². The minimum Gasteiger partial charge on any atom is -0.0654 e. The first-order valence-corrected chi connectivity index (χ1v) is 12.4. The average Bonchev–Trinajstić information content (AvgIpc) is 2.75. The van der Waals surface area contributed by atoms with E-state index in [1.807, 2.05) is 0 Å². The molecule has 2 aromatic carbocycles. The summed E-state index contributed by atoms with van der Waals surface area (Å²) >= 11 is 0. The van der Waals surface area contributed by atoms with Gasteiger partial charge in [0.15, 0.2) is 0 Å². The van der Waals surface area contributed by atoms with Crippen molar-refractivity contribution in [2.24, 2.45) is 17.8 Å². The van der Waals surface area contributed by atoms with Crippen LogP contribution < -0.4 is 0 Å². The quantitative estimate of drug-likeness (QED) is 0.355. The zero-order chi connectivity index (χ0) is 20.5. The molecule has 1 aliphatic carbocycles. The first kappa shape index (κ1) is 22.1. The highest BCUT2D eigenvalue weighted by atomic mass is 14.3. The van der Waals surface area contributed by atoms with Gasteiger partial charge >= 0.3 is 0 Å². The maximum atomic E-state index is 2.50. The van der Waals surface area contributed by atoms with Crippen LogP contribution in [0.4, 0.5) is 0 Å².